The zero-order chi connectivity index (χ0) is 13.1. The Bertz CT molecular complexity index is 603. The van der Waals surface area contributed by atoms with E-state index in [1.54, 1.807) is 12.4 Å². The predicted molar refractivity (Wildman–Crippen MR) is 72.8 cm³/mol. The standard InChI is InChI=1S/C15H14N4/c16-9-14-10-18-7-3-15(14)19-8-4-13(11-19)12-1-5-17-6-2-12/h1-3,5-7,10,13H,4,8,11H2. The average Bonchev–Trinajstić information content (AvgIpc) is 2.98. The van der Waals surface area contributed by atoms with Gasteiger partial charge < -0.3 is 4.90 Å². The molecule has 0 aliphatic carbocycles. The second-order valence-electron chi connectivity index (χ2n) is 4.72. The first-order valence-electron chi connectivity index (χ1n) is 6.37. The zero-order valence-electron chi connectivity index (χ0n) is 10.5. The number of aromatic nitrogens is 2. The summed E-state index contributed by atoms with van der Waals surface area (Å²) >= 11 is 0. The first kappa shape index (κ1) is 11.7. The van der Waals surface area contributed by atoms with Crippen LogP contribution in [0.1, 0.15) is 23.5 Å². The molecule has 0 amide bonds. The van der Waals surface area contributed by atoms with E-state index in [4.69, 9.17) is 5.26 Å². The summed E-state index contributed by atoms with van der Waals surface area (Å²) in [5.41, 5.74) is 2.97. The minimum Gasteiger partial charge on any atom is -0.370 e. The van der Waals surface area contributed by atoms with Gasteiger partial charge >= 0.3 is 0 Å². The minimum atomic E-state index is 0.516. The number of hydrogen-bond acceptors (Lipinski definition) is 4. The predicted octanol–water partition coefficient (Wildman–Crippen LogP) is 2.34. The molecule has 2 aromatic rings. The van der Waals surface area contributed by atoms with Gasteiger partial charge in [-0.25, -0.2) is 0 Å². The molecule has 1 unspecified atom stereocenters. The molecule has 0 aromatic carbocycles. The van der Waals surface area contributed by atoms with Crippen molar-refractivity contribution in [3.05, 3.63) is 54.1 Å². The van der Waals surface area contributed by atoms with E-state index in [1.165, 1.54) is 5.56 Å². The van der Waals surface area contributed by atoms with Crippen LogP contribution in [0.25, 0.3) is 0 Å². The minimum absolute atomic E-state index is 0.516. The molecule has 0 radical (unpaired) electrons. The lowest BCUT2D eigenvalue weighted by Crippen LogP contribution is -2.20. The van der Waals surface area contributed by atoms with E-state index in [0.717, 1.165) is 25.2 Å². The Labute approximate surface area is 112 Å². The Morgan fingerprint density at radius 2 is 1.95 bits per heavy atom. The molecule has 0 N–H and O–H groups in total. The van der Waals surface area contributed by atoms with Crippen LogP contribution in [0.3, 0.4) is 0 Å². The van der Waals surface area contributed by atoms with Gasteiger partial charge in [-0.3, -0.25) is 9.97 Å². The highest BCUT2D eigenvalue weighted by Gasteiger charge is 2.25. The molecule has 1 saturated heterocycles. The Morgan fingerprint density at radius 1 is 1.16 bits per heavy atom. The fraction of sp³-hybridized carbons (Fsp3) is 0.267. The molecule has 94 valence electrons. The number of pyridine rings is 2. The summed E-state index contributed by atoms with van der Waals surface area (Å²) in [5, 5.41) is 9.14. The summed E-state index contributed by atoms with van der Waals surface area (Å²) in [6.07, 6.45) is 8.17. The monoisotopic (exact) mass is 250 g/mol. The molecule has 0 bridgehead atoms. The summed E-state index contributed by atoms with van der Waals surface area (Å²) in [6.45, 7) is 1.92. The third kappa shape index (κ3) is 2.27. The molecule has 3 heterocycles. The van der Waals surface area contributed by atoms with Crippen molar-refractivity contribution in [2.75, 3.05) is 18.0 Å². The molecule has 19 heavy (non-hydrogen) atoms. The highest BCUT2D eigenvalue weighted by atomic mass is 15.2. The van der Waals surface area contributed by atoms with Crippen LogP contribution in [0.2, 0.25) is 0 Å². The van der Waals surface area contributed by atoms with Crippen LogP contribution < -0.4 is 4.90 Å². The highest BCUT2D eigenvalue weighted by Crippen LogP contribution is 2.31. The fourth-order valence-electron chi connectivity index (χ4n) is 2.64. The maximum atomic E-state index is 9.14. The van der Waals surface area contributed by atoms with Crippen molar-refractivity contribution in [3.63, 3.8) is 0 Å². The Balaban J connectivity index is 1.81. The van der Waals surface area contributed by atoms with Crippen LogP contribution in [-0.2, 0) is 0 Å². The smallest absolute Gasteiger partial charge is 0.103 e. The summed E-state index contributed by atoms with van der Waals surface area (Å²) < 4.78 is 0. The maximum Gasteiger partial charge on any atom is 0.103 e. The number of hydrogen-bond donors (Lipinski definition) is 0. The molecule has 1 fully saturated rings. The molecule has 1 aliphatic heterocycles. The van der Waals surface area contributed by atoms with Gasteiger partial charge in [0, 0.05) is 43.8 Å². The fourth-order valence-corrected chi connectivity index (χ4v) is 2.64. The Morgan fingerprint density at radius 3 is 2.74 bits per heavy atom. The van der Waals surface area contributed by atoms with Gasteiger partial charge in [0.2, 0.25) is 0 Å². The first-order chi connectivity index (χ1) is 9.38. The highest BCUT2D eigenvalue weighted by molar-refractivity contribution is 5.58. The Hall–Kier alpha value is -2.41. The van der Waals surface area contributed by atoms with Gasteiger partial charge in [-0.1, -0.05) is 0 Å². The van der Waals surface area contributed by atoms with E-state index >= 15 is 0 Å². The van der Waals surface area contributed by atoms with Crippen LogP contribution in [0, 0.1) is 11.3 Å². The van der Waals surface area contributed by atoms with E-state index in [1.807, 2.05) is 18.5 Å². The lowest BCUT2D eigenvalue weighted by atomic mass is 10.00. The van der Waals surface area contributed by atoms with Crippen LogP contribution in [0.15, 0.2) is 43.0 Å². The van der Waals surface area contributed by atoms with Crippen molar-refractivity contribution in [3.8, 4) is 6.07 Å². The van der Waals surface area contributed by atoms with Gasteiger partial charge in [0.1, 0.15) is 6.07 Å². The molecule has 2 aromatic heterocycles. The SMILES string of the molecule is N#Cc1cnccc1N1CCC(c2ccncc2)C1. The zero-order valence-corrected chi connectivity index (χ0v) is 10.5. The summed E-state index contributed by atoms with van der Waals surface area (Å²) in [7, 11) is 0. The molecule has 4 heteroatoms. The summed E-state index contributed by atoms with van der Waals surface area (Å²) in [4.78, 5) is 10.3. The van der Waals surface area contributed by atoms with Crippen molar-refractivity contribution in [1.29, 1.82) is 5.26 Å². The van der Waals surface area contributed by atoms with Crippen molar-refractivity contribution in [2.45, 2.75) is 12.3 Å². The molecule has 4 nitrogen and oxygen atoms in total. The van der Waals surface area contributed by atoms with Crippen LogP contribution in [-0.4, -0.2) is 23.1 Å². The number of nitriles is 1. The van der Waals surface area contributed by atoms with Crippen LogP contribution >= 0.6 is 0 Å². The van der Waals surface area contributed by atoms with Gasteiger partial charge in [-0.05, 0) is 30.2 Å². The molecule has 0 spiro atoms. The normalized spacial score (nSPS) is 18.3. The van der Waals surface area contributed by atoms with Crippen molar-refractivity contribution in [2.24, 2.45) is 0 Å². The average molecular weight is 250 g/mol. The van der Waals surface area contributed by atoms with E-state index in [-0.39, 0.29) is 0 Å². The van der Waals surface area contributed by atoms with Gasteiger partial charge in [0.25, 0.3) is 0 Å². The summed E-state index contributed by atoms with van der Waals surface area (Å²) in [5.74, 6) is 0.516. The van der Waals surface area contributed by atoms with E-state index in [2.05, 4.69) is 33.1 Å². The van der Waals surface area contributed by atoms with Crippen LogP contribution in [0.5, 0.6) is 0 Å². The molecular formula is C15H14N4. The summed E-state index contributed by atoms with van der Waals surface area (Å²) in [6, 6.07) is 8.29. The van der Waals surface area contributed by atoms with E-state index in [9.17, 15) is 0 Å². The Kier molecular flexibility index (Phi) is 3.11. The third-order valence-corrected chi connectivity index (χ3v) is 3.62. The van der Waals surface area contributed by atoms with Crippen molar-refractivity contribution in [1.82, 2.24) is 9.97 Å². The van der Waals surface area contributed by atoms with E-state index < -0.39 is 0 Å². The number of anilines is 1. The first-order valence-corrected chi connectivity index (χ1v) is 6.37. The molecule has 3 rings (SSSR count). The number of nitrogens with zero attached hydrogens (tertiary/aromatic N) is 4. The number of rotatable bonds is 2. The largest absolute Gasteiger partial charge is 0.370 e. The van der Waals surface area contributed by atoms with Gasteiger partial charge in [0.05, 0.1) is 11.3 Å². The van der Waals surface area contributed by atoms with E-state index in [0.29, 0.717) is 11.5 Å². The molecule has 1 atom stereocenters. The van der Waals surface area contributed by atoms with Gasteiger partial charge in [-0.2, -0.15) is 5.26 Å². The van der Waals surface area contributed by atoms with Gasteiger partial charge in [-0.15, -0.1) is 0 Å². The van der Waals surface area contributed by atoms with Crippen LogP contribution in [0.4, 0.5) is 5.69 Å². The van der Waals surface area contributed by atoms with Crippen molar-refractivity contribution >= 4 is 5.69 Å². The quantitative estimate of drug-likeness (QED) is 0.821. The molecular weight excluding hydrogens is 236 g/mol. The lowest BCUT2D eigenvalue weighted by molar-refractivity contribution is 0.773. The second-order valence-corrected chi connectivity index (χ2v) is 4.72. The third-order valence-electron chi connectivity index (χ3n) is 3.62. The van der Waals surface area contributed by atoms with Gasteiger partial charge in [0.15, 0.2) is 0 Å². The molecule has 1 aliphatic rings. The molecule has 0 saturated carbocycles. The topological polar surface area (TPSA) is 52.8 Å². The second kappa shape index (κ2) is 5.07. The maximum absolute atomic E-state index is 9.14. The lowest BCUT2D eigenvalue weighted by Gasteiger charge is -2.19. The van der Waals surface area contributed by atoms with Crippen molar-refractivity contribution < 1.29 is 0 Å².